The summed E-state index contributed by atoms with van der Waals surface area (Å²) in [6, 6.07) is 1.49. The van der Waals surface area contributed by atoms with Gasteiger partial charge in [0.25, 0.3) is 0 Å². The summed E-state index contributed by atoms with van der Waals surface area (Å²) in [5.41, 5.74) is 0. The van der Waals surface area contributed by atoms with Crippen molar-refractivity contribution in [3.8, 4) is 0 Å². The highest BCUT2D eigenvalue weighted by atomic mass is 16.5. The van der Waals surface area contributed by atoms with Crippen LogP contribution < -0.4 is 0 Å². The summed E-state index contributed by atoms with van der Waals surface area (Å²) >= 11 is 0. The van der Waals surface area contributed by atoms with E-state index in [1.165, 1.54) is 19.3 Å². The number of fused-ring (bicyclic) bond motifs is 2. The Hall–Kier alpha value is -0.0800. The average molecular weight is 199 g/mol. The molecule has 0 aromatic heterocycles. The highest BCUT2D eigenvalue weighted by molar-refractivity contribution is 4.90. The third-order valence-electron chi connectivity index (χ3n) is 3.44. The first-order chi connectivity index (χ1) is 6.66. The van der Waals surface area contributed by atoms with Crippen LogP contribution in [0.1, 0.15) is 47.0 Å². The molecule has 0 spiro atoms. The molecule has 0 aliphatic carbocycles. The molecule has 2 bridgehead atoms. The molecular formula is C12H25NO. The Kier molecular flexibility index (Phi) is 4.39. The van der Waals surface area contributed by atoms with E-state index in [2.05, 4.69) is 25.8 Å². The zero-order chi connectivity index (χ0) is 10.7. The molecule has 0 saturated carbocycles. The third-order valence-corrected chi connectivity index (χ3v) is 3.44. The van der Waals surface area contributed by atoms with Crippen molar-refractivity contribution >= 4 is 0 Å². The molecular weight excluding hydrogens is 174 g/mol. The van der Waals surface area contributed by atoms with Crippen molar-refractivity contribution in [3.63, 3.8) is 0 Å². The SMILES string of the molecule is CC.CC1CC2CC(CC(C)N2C)O1. The summed E-state index contributed by atoms with van der Waals surface area (Å²) in [6.45, 7) is 8.50. The number of ether oxygens (including phenoxy) is 1. The molecule has 0 aromatic rings. The normalized spacial score (nSPS) is 42.6. The van der Waals surface area contributed by atoms with Crippen LogP contribution in [-0.2, 0) is 4.74 Å². The van der Waals surface area contributed by atoms with Crippen molar-refractivity contribution < 1.29 is 4.74 Å². The van der Waals surface area contributed by atoms with Crippen molar-refractivity contribution in [2.24, 2.45) is 0 Å². The topological polar surface area (TPSA) is 12.5 Å². The van der Waals surface area contributed by atoms with E-state index in [0.717, 1.165) is 6.04 Å². The van der Waals surface area contributed by atoms with Crippen LogP contribution in [0.5, 0.6) is 0 Å². The molecule has 2 aliphatic heterocycles. The Bertz CT molecular complexity index is 168. The van der Waals surface area contributed by atoms with Crippen LogP contribution in [0.25, 0.3) is 0 Å². The Morgan fingerprint density at radius 3 is 2.36 bits per heavy atom. The Balaban J connectivity index is 0.000000461. The van der Waals surface area contributed by atoms with Gasteiger partial charge in [-0.25, -0.2) is 0 Å². The second kappa shape index (κ2) is 5.13. The molecule has 2 fully saturated rings. The Labute approximate surface area is 88.6 Å². The van der Waals surface area contributed by atoms with E-state index in [1.54, 1.807) is 0 Å². The third kappa shape index (κ3) is 2.48. The van der Waals surface area contributed by atoms with Crippen LogP contribution in [0, 0.1) is 0 Å². The Morgan fingerprint density at radius 1 is 1.07 bits per heavy atom. The number of nitrogens with zero attached hydrogens (tertiary/aromatic N) is 1. The van der Waals surface area contributed by atoms with Gasteiger partial charge in [-0.05, 0) is 40.2 Å². The largest absolute Gasteiger partial charge is 0.375 e. The van der Waals surface area contributed by atoms with Crippen LogP contribution in [0.4, 0.5) is 0 Å². The highest BCUT2D eigenvalue weighted by Gasteiger charge is 2.36. The van der Waals surface area contributed by atoms with Crippen LogP contribution in [0.15, 0.2) is 0 Å². The maximum atomic E-state index is 5.85. The van der Waals surface area contributed by atoms with Gasteiger partial charge in [-0.15, -0.1) is 0 Å². The molecule has 84 valence electrons. The van der Waals surface area contributed by atoms with Gasteiger partial charge in [0.2, 0.25) is 0 Å². The number of likely N-dealkylation sites (tertiary alicyclic amines) is 1. The van der Waals surface area contributed by atoms with E-state index < -0.39 is 0 Å². The van der Waals surface area contributed by atoms with E-state index in [4.69, 9.17) is 4.74 Å². The minimum atomic E-state index is 0.476. The first kappa shape index (κ1) is 12.0. The lowest BCUT2D eigenvalue weighted by Gasteiger charge is -2.47. The van der Waals surface area contributed by atoms with Crippen molar-refractivity contribution in [2.75, 3.05) is 7.05 Å². The van der Waals surface area contributed by atoms with Crippen LogP contribution in [0.2, 0.25) is 0 Å². The number of piperidine rings is 1. The van der Waals surface area contributed by atoms with E-state index in [-0.39, 0.29) is 0 Å². The zero-order valence-electron chi connectivity index (χ0n) is 10.3. The first-order valence-corrected chi connectivity index (χ1v) is 6.04. The van der Waals surface area contributed by atoms with Gasteiger partial charge in [-0.2, -0.15) is 0 Å². The second-order valence-corrected chi connectivity index (χ2v) is 4.44. The molecule has 2 heterocycles. The molecule has 2 saturated heterocycles. The molecule has 0 aromatic carbocycles. The fourth-order valence-corrected chi connectivity index (χ4v) is 2.61. The summed E-state index contributed by atoms with van der Waals surface area (Å²) in [5, 5.41) is 0. The van der Waals surface area contributed by atoms with Gasteiger partial charge in [0.15, 0.2) is 0 Å². The van der Waals surface area contributed by atoms with E-state index >= 15 is 0 Å². The molecule has 4 unspecified atom stereocenters. The van der Waals surface area contributed by atoms with Gasteiger partial charge in [-0.3, -0.25) is 0 Å². The highest BCUT2D eigenvalue weighted by Crippen LogP contribution is 2.32. The summed E-state index contributed by atoms with van der Waals surface area (Å²) in [7, 11) is 2.25. The smallest absolute Gasteiger partial charge is 0.0608 e. The van der Waals surface area contributed by atoms with Crippen molar-refractivity contribution in [3.05, 3.63) is 0 Å². The molecule has 0 N–H and O–H groups in total. The lowest BCUT2D eigenvalue weighted by atomic mass is 9.88. The predicted octanol–water partition coefficient (Wildman–Crippen LogP) is 2.67. The van der Waals surface area contributed by atoms with Crippen molar-refractivity contribution in [2.45, 2.75) is 71.2 Å². The molecule has 4 atom stereocenters. The molecule has 0 radical (unpaired) electrons. The maximum absolute atomic E-state index is 5.85. The average Bonchev–Trinajstić information content (AvgIpc) is 2.17. The molecule has 2 aliphatic rings. The van der Waals surface area contributed by atoms with E-state index in [0.29, 0.717) is 18.2 Å². The van der Waals surface area contributed by atoms with E-state index in [9.17, 15) is 0 Å². The fraction of sp³-hybridized carbons (Fsp3) is 1.00. The van der Waals surface area contributed by atoms with E-state index in [1.807, 2.05) is 13.8 Å². The molecule has 14 heavy (non-hydrogen) atoms. The summed E-state index contributed by atoms with van der Waals surface area (Å²) in [6.07, 6.45) is 4.72. The standard InChI is InChI=1S/C10H19NO.C2H6/c1-7-4-10-6-9(11(7)3)5-8(2)12-10;1-2/h7-10H,4-6H2,1-3H3;1-2H3. The van der Waals surface area contributed by atoms with Gasteiger partial charge in [-0.1, -0.05) is 13.8 Å². The number of hydrogen-bond acceptors (Lipinski definition) is 2. The molecule has 2 heteroatoms. The van der Waals surface area contributed by atoms with Crippen LogP contribution >= 0.6 is 0 Å². The van der Waals surface area contributed by atoms with Gasteiger partial charge < -0.3 is 9.64 Å². The van der Waals surface area contributed by atoms with Crippen LogP contribution in [0.3, 0.4) is 0 Å². The predicted molar refractivity (Wildman–Crippen MR) is 60.5 cm³/mol. The quantitative estimate of drug-likeness (QED) is 0.595. The van der Waals surface area contributed by atoms with Crippen LogP contribution in [-0.4, -0.2) is 36.2 Å². The zero-order valence-corrected chi connectivity index (χ0v) is 10.3. The van der Waals surface area contributed by atoms with Gasteiger partial charge in [0.1, 0.15) is 0 Å². The number of rotatable bonds is 0. The summed E-state index contributed by atoms with van der Waals surface area (Å²) < 4.78 is 5.85. The first-order valence-electron chi connectivity index (χ1n) is 6.04. The lowest BCUT2D eigenvalue weighted by molar-refractivity contribution is -0.114. The van der Waals surface area contributed by atoms with Gasteiger partial charge >= 0.3 is 0 Å². The minimum Gasteiger partial charge on any atom is -0.375 e. The maximum Gasteiger partial charge on any atom is 0.0608 e. The van der Waals surface area contributed by atoms with Gasteiger partial charge in [0.05, 0.1) is 12.2 Å². The molecule has 2 nitrogen and oxygen atoms in total. The minimum absolute atomic E-state index is 0.476. The Morgan fingerprint density at radius 2 is 1.71 bits per heavy atom. The summed E-state index contributed by atoms with van der Waals surface area (Å²) in [5.74, 6) is 0. The second-order valence-electron chi connectivity index (χ2n) is 4.44. The van der Waals surface area contributed by atoms with Gasteiger partial charge in [0, 0.05) is 12.1 Å². The monoisotopic (exact) mass is 199 g/mol. The van der Waals surface area contributed by atoms with Crippen molar-refractivity contribution in [1.82, 2.24) is 4.90 Å². The fourth-order valence-electron chi connectivity index (χ4n) is 2.61. The molecule has 2 rings (SSSR count). The number of hydrogen-bond donors (Lipinski definition) is 0. The lowest BCUT2D eigenvalue weighted by Crippen LogP contribution is -2.53. The molecule has 0 amide bonds. The van der Waals surface area contributed by atoms with Crippen molar-refractivity contribution in [1.29, 1.82) is 0 Å². The summed E-state index contributed by atoms with van der Waals surface area (Å²) in [4.78, 5) is 2.52.